The molecule has 0 unspecified atom stereocenters. The number of amides is 1. The van der Waals surface area contributed by atoms with E-state index in [4.69, 9.17) is 0 Å². The summed E-state index contributed by atoms with van der Waals surface area (Å²) < 4.78 is 30.9. The number of pyridine rings is 1. The molecule has 2 aromatic carbocycles. The Morgan fingerprint density at radius 3 is 2.69 bits per heavy atom. The maximum atomic E-state index is 14.7. The number of carbonyl (C=O) groups excluding carboxylic acids is 1. The van der Waals surface area contributed by atoms with Crippen LogP contribution in [0.5, 0.6) is 0 Å². The van der Waals surface area contributed by atoms with Crippen molar-refractivity contribution in [2.75, 3.05) is 5.32 Å². The Hall–Kier alpha value is -4.40. The fourth-order valence-corrected chi connectivity index (χ4v) is 3.38. The van der Waals surface area contributed by atoms with Crippen molar-refractivity contribution in [3.8, 4) is 17.1 Å². The highest BCUT2D eigenvalue weighted by molar-refractivity contribution is 6.09. The van der Waals surface area contributed by atoms with Gasteiger partial charge in [-0.05, 0) is 61.0 Å². The largest absolute Gasteiger partial charge is 0.322 e. The summed E-state index contributed by atoms with van der Waals surface area (Å²) in [5.41, 5.74) is 2.75. The van der Waals surface area contributed by atoms with Gasteiger partial charge in [0.15, 0.2) is 5.82 Å². The fourth-order valence-electron chi connectivity index (χ4n) is 3.38. The highest BCUT2D eigenvalue weighted by Gasteiger charge is 2.17. The van der Waals surface area contributed by atoms with E-state index in [0.29, 0.717) is 28.0 Å². The molecule has 32 heavy (non-hydrogen) atoms. The van der Waals surface area contributed by atoms with Crippen LogP contribution in [-0.2, 0) is 0 Å². The number of rotatable bonds is 4. The van der Waals surface area contributed by atoms with Crippen LogP contribution in [0.3, 0.4) is 0 Å². The van der Waals surface area contributed by atoms with Crippen molar-refractivity contribution in [1.82, 2.24) is 24.4 Å². The molecule has 158 valence electrons. The molecule has 0 aliphatic heterocycles. The van der Waals surface area contributed by atoms with Crippen molar-refractivity contribution in [3.63, 3.8) is 0 Å². The van der Waals surface area contributed by atoms with Gasteiger partial charge in [0.2, 0.25) is 0 Å². The number of carbonyl (C=O) groups is 1. The summed E-state index contributed by atoms with van der Waals surface area (Å²) in [6, 6.07) is 13.9. The van der Waals surface area contributed by atoms with E-state index in [0.717, 1.165) is 0 Å². The quantitative estimate of drug-likeness (QED) is 0.458. The van der Waals surface area contributed by atoms with Gasteiger partial charge in [-0.25, -0.2) is 23.0 Å². The fraction of sp³-hybridized carbons (Fsp3) is 0.0435. The summed E-state index contributed by atoms with van der Waals surface area (Å²) in [6.07, 6.45) is 4.64. The van der Waals surface area contributed by atoms with Crippen molar-refractivity contribution >= 4 is 17.1 Å². The van der Waals surface area contributed by atoms with Crippen molar-refractivity contribution in [2.45, 2.75) is 6.92 Å². The van der Waals surface area contributed by atoms with Gasteiger partial charge in [-0.1, -0.05) is 6.07 Å². The second-order valence-electron chi connectivity index (χ2n) is 7.18. The second kappa shape index (κ2) is 7.69. The van der Waals surface area contributed by atoms with Crippen LogP contribution >= 0.6 is 0 Å². The minimum Gasteiger partial charge on any atom is -0.322 e. The van der Waals surface area contributed by atoms with Crippen molar-refractivity contribution in [2.24, 2.45) is 0 Å². The number of nitrogens with one attached hydrogen (secondary N) is 1. The van der Waals surface area contributed by atoms with Crippen LogP contribution in [0.4, 0.5) is 14.5 Å². The molecule has 0 aliphatic carbocycles. The van der Waals surface area contributed by atoms with Crippen LogP contribution in [0, 0.1) is 18.6 Å². The van der Waals surface area contributed by atoms with Crippen LogP contribution in [0.15, 0.2) is 73.3 Å². The number of anilines is 1. The predicted molar refractivity (Wildman–Crippen MR) is 115 cm³/mol. The molecule has 1 amide bonds. The number of nitrogens with zero attached hydrogens (tertiary/aromatic N) is 5. The molecule has 5 aromatic rings. The SMILES string of the molecule is Cc1cc(F)c(-c2ncn(-c3ccc(F)cc3)n2)cc1NC(=O)c1cnn2ccccc12. The van der Waals surface area contributed by atoms with Crippen molar-refractivity contribution in [3.05, 3.63) is 96.1 Å². The molecule has 0 saturated heterocycles. The monoisotopic (exact) mass is 430 g/mol. The van der Waals surface area contributed by atoms with Gasteiger partial charge in [0.1, 0.15) is 18.0 Å². The second-order valence-corrected chi connectivity index (χ2v) is 7.18. The Morgan fingerprint density at radius 1 is 1.06 bits per heavy atom. The molecular weight excluding hydrogens is 414 g/mol. The van der Waals surface area contributed by atoms with Crippen LogP contribution in [0.2, 0.25) is 0 Å². The van der Waals surface area contributed by atoms with E-state index in [1.807, 2.05) is 12.1 Å². The number of halogens is 2. The van der Waals surface area contributed by atoms with E-state index < -0.39 is 5.82 Å². The molecule has 0 fully saturated rings. The van der Waals surface area contributed by atoms with Crippen LogP contribution in [0.1, 0.15) is 15.9 Å². The lowest BCUT2D eigenvalue weighted by Crippen LogP contribution is -2.13. The maximum absolute atomic E-state index is 14.7. The highest BCUT2D eigenvalue weighted by atomic mass is 19.1. The van der Waals surface area contributed by atoms with Crippen molar-refractivity contribution in [1.29, 1.82) is 0 Å². The van der Waals surface area contributed by atoms with E-state index >= 15 is 0 Å². The van der Waals surface area contributed by atoms with E-state index in [2.05, 4.69) is 20.5 Å². The third-order valence-electron chi connectivity index (χ3n) is 5.06. The number of hydrogen-bond acceptors (Lipinski definition) is 4. The maximum Gasteiger partial charge on any atom is 0.259 e. The minimum absolute atomic E-state index is 0.131. The summed E-state index contributed by atoms with van der Waals surface area (Å²) in [5, 5.41) is 11.3. The molecule has 9 heteroatoms. The highest BCUT2D eigenvalue weighted by Crippen LogP contribution is 2.27. The van der Waals surface area contributed by atoms with Crippen molar-refractivity contribution < 1.29 is 13.6 Å². The molecule has 7 nitrogen and oxygen atoms in total. The zero-order chi connectivity index (χ0) is 22.2. The van der Waals surface area contributed by atoms with E-state index in [1.165, 1.54) is 41.5 Å². The minimum atomic E-state index is -0.520. The first-order valence-corrected chi connectivity index (χ1v) is 9.71. The number of aryl methyl sites for hydroxylation is 1. The molecule has 0 atom stereocenters. The first kappa shape index (κ1) is 19.6. The molecule has 0 saturated carbocycles. The van der Waals surface area contributed by atoms with Gasteiger partial charge in [0, 0.05) is 11.9 Å². The van der Waals surface area contributed by atoms with Gasteiger partial charge in [-0.15, -0.1) is 5.10 Å². The van der Waals surface area contributed by atoms with Gasteiger partial charge in [-0.3, -0.25) is 4.79 Å². The smallest absolute Gasteiger partial charge is 0.259 e. The average Bonchev–Trinajstić information content (AvgIpc) is 3.44. The lowest BCUT2D eigenvalue weighted by molar-refractivity contribution is 0.102. The first-order valence-electron chi connectivity index (χ1n) is 9.71. The molecule has 0 spiro atoms. The summed E-state index contributed by atoms with van der Waals surface area (Å²) >= 11 is 0. The van der Waals surface area contributed by atoms with Gasteiger partial charge in [0.05, 0.1) is 28.5 Å². The zero-order valence-corrected chi connectivity index (χ0v) is 16.8. The predicted octanol–water partition coefficient (Wildman–Crippen LogP) is 4.42. The normalized spacial score (nSPS) is 11.1. The third kappa shape index (κ3) is 3.49. The lowest BCUT2D eigenvalue weighted by atomic mass is 10.1. The summed E-state index contributed by atoms with van der Waals surface area (Å²) in [4.78, 5) is 17.0. The van der Waals surface area contributed by atoms with Crippen LogP contribution < -0.4 is 5.32 Å². The van der Waals surface area contributed by atoms with E-state index in [1.54, 1.807) is 35.8 Å². The summed E-state index contributed by atoms with van der Waals surface area (Å²) in [5.74, 6) is -1.12. The summed E-state index contributed by atoms with van der Waals surface area (Å²) in [7, 11) is 0. The topological polar surface area (TPSA) is 77.1 Å². The van der Waals surface area contributed by atoms with Gasteiger partial charge in [-0.2, -0.15) is 5.10 Å². The molecule has 0 radical (unpaired) electrons. The number of fused-ring (bicyclic) bond motifs is 1. The Morgan fingerprint density at radius 2 is 1.88 bits per heavy atom. The molecule has 3 aromatic heterocycles. The Labute approximate surface area is 181 Å². The Balaban J connectivity index is 1.47. The average molecular weight is 430 g/mol. The zero-order valence-electron chi connectivity index (χ0n) is 16.8. The molecule has 1 N–H and O–H groups in total. The third-order valence-corrected chi connectivity index (χ3v) is 5.06. The standard InChI is InChI=1S/C23H16F2N6O/c1-14-10-19(25)17(22-26-13-31(29-22)16-7-5-15(24)6-8-16)11-20(14)28-23(32)18-12-27-30-9-3-2-4-21(18)30/h2-13H,1H3,(H,28,32). The van der Waals surface area contributed by atoms with E-state index in [9.17, 15) is 13.6 Å². The molecule has 3 heterocycles. The summed E-state index contributed by atoms with van der Waals surface area (Å²) in [6.45, 7) is 1.70. The molecule has 0 aliphatic rings. The Bertz CT molecular complexity index is 1460. The molecule has 0 bridgehead atoms. The number of hydrogen-bond donors (Lipinski definition) is 1. The number of benzene rings is 2. The van der Waals surface area contributed by atoms with Gasteiger partial charge >= 0.3 is 0 Å². The number of aromatic nitrogens is 5. The lowest BCUT2D eigenvalue weighted by Gasteiger charge is -2.10. The van der Waals surface area contributed by atoms with E-state index in [-0.39, 0.29) is 23.1 Å². The van der Waals surface area contributed by atoms with Gasteiger partial charge < -0.3 is 5.32 Å². The van der Waals surface area contributed by atoms with Crippen LogP contribution in [0.25, 0.3) is 22.6 Å². The molecular formula is C23H16F2N6O. The molecule has 5 rings (SSSR count). The Kier molecular flexibility index (Phi) is 4.70. The van der Waals surface area contributed by atoms with Gasteiger partial charge in [0.25, 0.3) is 5.91 Å². The van der Waals surface area contributed by atoms with Crippen LogP contribution in [-0.4, -0.2) is 30.3 Å². The first-order chi connectivity index (χ1) is 15.5.